The van der Waals surface area contributed by atoms with Crippen LogP contribution in [0.1, 0.15) is 56.9 Å². The summed E-state index contributed by atoms with van der Waals surface area (Å²) in [5, 5.41) is 2.07. The predicted molar refractivity (Wildman–Crippen MR) is 250 cm³/mol. The number of rotatable bonds is 6. The Morgan fingerprint density at radius 1 is 0.800 bits per heavy atom. The average molecular weight is 1020 g/mol. The van der Waals surface area contributed by atoms with Gasteiger partial charge in [0, 0.05) is 38.0 Å². The van der Waals surface area contributed by atoms with Crippen LogP contribution < -0.4 is 4.40 Å². The normalized spacial score (nSPS) is 13.2. The number of para-hydroxylation sites is 2. The molecule has 4 nitrogen and oxygen atoms in total. The van der Waals surface area contributed by atoms with Crippen molar-refractivity contribution in [2.45, 2.75) is 70.6 Å². The van der Waals surface area contributed by atoms with Crippen LogP contribution in [-0.4, -0.2) is 27.8 Å². The number of furan rings is 1. The minimum absolute atomic E-state index is 0. The number of hydrogen-bond donors (Lipinski definition) is 0. The molecule has 303 valence electrons. The molecular weight excluding hydrogens is 971 g/mol. The molecule has 3 aromatic heterocycles. The fourth-order valence-electron chi connectivity index (χ4n) is 8.91. The molecule has 0 unspecified atom stereocenters. The van der Waals surface area contributed by atoms with Crippen LogP contribution in [0.15, 0.2) is 132 Å². The molecule has 60 heavy (non-hydrogen) atoms. The molecule has 0 amide bonds. The van der Waals surface area contributed by atoms with E-state index in [0.717, 1.165) is 73.3 Å². The molecule has 0 fully saturated rings. The molecule has 0 saturated heterocycles. The van der Waals surface area contributed by atoms with Gasteiger partial charge in [0.05, 0.1) is 22.4 Å². The summed E-state index contributed by atoms with van der Waals surface area (Å²) in [5.74, 6) is 8.85. The Morgan fingerprint density at radius 3 is 2.35 bits per heavy atom. The van der Waals surface area contributed by atoms with Crippen LogP contribution in [0.2, 0.25) is 17.3 Å². The molecule has 0 spiro atoms. The molecule has 1 radical (unpaired) electrons. The van der Waals surface area contributed by atoms with Crippen LogP contribution in [-0.2, 0) is 31.9 Å². The summed E-state index contributed by atoms with van der Waals surface area (Å²) in [6, 6.07) is 49.0. The maximum absolute atomic E-state index is 7.73. The Balaban J connectivity index is 0.000000208. The third-order valence-corrected chi connectivity index (χ3v) is 16.2. The molecule has 0 atom stereocenters. The van der Waals surface area contributed by atoms with E-state index in [1.807, 2.05) is 42.5 Å². The van der Waals surface area contributed by atoms with Gasteiger partial charge >= 0.3 is 126 Å². The van der Waals surface area contributed by atoms with Gasteiger partial charge in [0.25, 0.3) is 0 Å². The Morgan fingerprint density at radius 2 is 1.58 bits per heavy atom. The van der Waals surface area contributed by atoms with E-state index in [1.165, 1.54) is 33.4 Å². The second-order valence-corrected chi connectivity index (χ2v) is 28.6. The summed E-state index contributed by atoms with van der Waals surface area (Å²) in [7, 11) is 0. The van der Waals surface area contributed by atoms with Gasteiger partial charge in [-0.05, 0) is 77.5 Å². The number of nitrogens with zero attached hydrogens (tertiary/aromatic N) is 3. The molecule has 0 bridgehead atoms. The largest absolute Gasteiger partial charge is 0.500 e. The van der Waals surface area contributed by atoms with Crippen LogP contribution in [0, 0.1) is 31.9 Å². The number of imidazole rings is 1. The Bertz CT molecular complexity index is 3070. The summed E-state index contributed by atoms with van der Waals surface area (Å²) in [6.07, 6.45) is 3.27. The molecule has 6 heteroatoms. The van der Waals surface area contributed by atoms with Crippen molar-refractivity contribution < 1.29 is 25.9 Å². The van der Waals surface area contributed by atoms with E-state index in [4.69, 9.17) is 15.8 Å². The molecule has 0 N–H and O–H groups in total. The molecule has 1 aliphatic carbocycles. The van der Waals surface area contributed by atoms with Crippen LogP contribution in [0.3, 0.4) is 0 Å². The van der Waals surface area contributed by atoms with Gasteiger partial charge in [0.1, 0.15) is 5.58 Å². The van der Waals surface area contributed by atoms with E-state index in [1.54, 1.807) is 4.40 Å². The van der Waals surface area contributed by atoms with Gasteiger partial charge in [-0.1, -0.05) is 67.8 Å². The van der Waals surface area contributed by atoms with Crippen LogP contribution >= 0.6 is 0 Å². The first-order chi connectivity index (χ1) is 28.8. The van der Waals surface area contributed by atoms with E-state index < -0.39 is 13.3 Å². The summed E-state index contributed by atoms with van der Waals surface area (Å²) in [4.78, 5) is 9.84. The van der Waals surface area contributed by atoms with E-state index in [-0.39, 0.29) is 32.4 Å². The molecule has 3 heterocycles. The summed E-state index contributed by atoms with van der Waals surface area (Å²) in [5.41, 5.74) is 16.7. The van der Waals surface area contributed by atoms with Crippen molar-refractivity contribution in [1.29, 1.82) is 0 Å². The van der Waals surface area contributed by atoms with Gasteiger partial charge in [-0.15, -0.1) is 23.8 Å². The second kappa shape index (κ2) is 16.1. The van der Waals surface area contributed by atoms with Crippen molar-refractivity contribution in [2.75, 3.05) is 0 Å². The maximum atomic E-state index is 7.73. The Hall–Kier alpha value is -5.07. The van der Waals surface area contributed by atoms with E-state index in [9.17, 15) is 0 Å². The molecular formula is C54H51GeIrN3O-2. The zero-order chi connectivity index (χ0) is 41.9. The molecule has 0 saturated carbocycles. The van der Waals surface area contributed by atoms with E-state index in [2.05, 4.69) is 154 Å². The smallest absolute Gasteiger partial charge is 0.121 e. The first-order valence-corrected chi connectivity index (χ1v) is 28.0. The number of hydrogen-bond acceptors (Lipinski definition) is 3. The van der Waals surface area contributed by atoms with Gasteiger partial charge in [-0.25, -0.2) is 0 Å². The molecule has 0 aliphatic heterocycles. The quantitative estimate of drug-likeness (QED) is 0.123. The SMILES string of the molecule is CC(C)Cc1cc(-c2[c-]cccc2)nc[c]1[Ge]([CH3])([CH3])[CH3].[2H]Cc1ccc2c(c1)oc1c[c-]c(-c3nc4ccccc4n3-c3cc4c(cc3C)-c3ccccc3C4(C)C)cc12.[Ir]. The number of fused-ring (bicyclic) bond motifs is 7. The summed E-state index contributed by atoms with van der Waals surface area (Å²) in [6.45, 7) is 11.6. The molecule has 6 aromatic carbocycles. The van der Waals surface area contributed by atoms with Crippen molar-refractivity contribution in [3.05, 3.63) is 167 Å². The summed E-state index contributed by atoms with van der Waals surface area (Å²) < 4.78 is 17.7. The van der Waals surface area contributed by atoms with Crippen LogP contribution in [0.5, 0.6) is 0 Å². The predicted octanol–water partition coefficient (Wildman–Crippen LogP) is 13.6. The number of aryl methyl sites for hydroxylation is 2. The second-order valence-electron chi connectivity index (χ2n) is 18.0. The molecule has 10 rings (SSSR count). The number of pyridine rings is 1. The minimum atomic E-state index is -1.86. The molecule has 1 aliphatic rings. The first-order valence-electron chi connectivity index (χ1n) is 21.4. The van der Waals surface area contributed by atoms with Crippen molar-refractivity contribution in [2.24, 2.45) is 5.92 Å². The Labute approximate surface area is 372 Å². The third kappa shape index (κ3) is 7.50. The average Bonchev–Trinajstić information content (AvgIpc) is 3.87. The molecule has 9 aromatic rings. The van der Waals surface area contributed by atoms with Gasteiger partial charge in [0.15, 0.2) is 0 Å². The fourth-order valence-corrected chi connectivity index (χ4v) is 12.2. The zero-order valence-corrected chi connectivity index (χ0v) is 40.2. The standard InChI is InChI=1S/C36H27N2O.C18H24GeN.Ir/c1-21-13-15-25-27-19-23(14-16-33(27)39-34(25)17-21)35-37-30-11-7-8-12-31(30)38(35)32-20-29-26(18-22(32)2)24-9-5-6-10-28(24)36(29,3)4;1-14(2)11-16-12-18(15-9-7-6-8-10-15)20-13-17(16)19(3,4)5;/h5-13,15-20H,1-4H3;6-9,12-14H,11H2,1-5H3;/q2*-1;/i1D;;. The maximum Gasteiger partial charge on any atom is 0.121 e. The van der Waals surface area contributed by atoms with Crippen LogP contribution in [0.25, 0.3) is 72.4 Å². The third-order valence-electron chi connectivity index (χ3n) is 11.8. The van der Waals surface area contributed by atoms with Crippen LogP contribution in [0.4, 0.5) is 0 Å². The van der Waals surface area contributed by atoms with Gasteiger partial charge in [0.2, 0.25) is 0 Å². The fraction of sp³-hybridized carbons (Fsp3) is 0.222. The van der Waals surface area contributed by atoms with E-state index >= 15 is 0 Å². The van der Waals surface area contributed by atoms with Gasteiger partial charge in [-0.3, -0.25) is 4.98 Å². The topological polar surface area (TPSA) is 43.9 Å². The Kier molecular flexibility index (Phi) is 10.8. The monoisotopic (exact) mass is 1030 g/mol. The van der Waals surface area contributed by atoms with Crippen molar-refractivity contribution in [3.8, 4) is 39.5 Å². The van der Waals surface area contributed by atoms with Crippen molar-refractivity contribution in [3.63, 3.8) is 0 Å². The first kappa shape index (κ1) is 40.3. The zero-order valence-electron chi connectivity index (χ0n) is 36.7. The van der Waals surface area contributed by atoms with Gasteiger partial charge < -0.3 is 8.98 Å². The number of aromatic nitrogens is 3. The number of benzene rings is 6. The summed E-state index contributed by atoms with van der Waals surface area (Å²) >= 11 is -1.86. The van der Waals surface area contributed by atoms with Crippen molar-refractivity contribution >= 4 is 50.6 Å². The van der Waals surface area contributed by atoms with Gasteiger partial charge in [-0.2, -0.15) is 0 Å². The van der Waals surface area contributed by atoms with E-state index in [0.29, 0.717) is 5.92 Å². The van der Waals surface area contributed by atoms with Crippen molar-refractivity contribution in [1.82, 2.24) is 14.5 Å². The minimum Gasteiger partial charge on any atom is -0.500 e.